The molecule has 0 aliphatic heterocycles. The van der Waals surface area contributed by atoms with Crippen LogP contribution in [0.5, 0.6) is 0 Å². The number of hydrogen-bond donors (Lipinski definition) is 1. The van der Waals surface area contributed by atoms with Gasteiger partial charge in [0, 0.05) is 25.5 Å². The highest BCUT2D eigenvalue weighted by molar-refractivity contribution is 5.77. The number of carbonyl (C=O) groups excluding carboxylic acids is 1. The highest BCUT2D eigenvalue weighted by atomic mass is 16.1. The van der Waals surface area contributed by atoms with Crippen molar-refractivity contribution in [1.29, 1.82) is 0 Å². The number of amides is 1. The van der Waals surface area contributed by atoms with Gasteiger partial charge in [-0.2, -0.15) is 0 Å². The molecule has 2 aromatic heterocycles. The number of aromatic nitrogens is 5. The van der Waals surface area contributed by atoms with Crippen molar-refractivity contribution in [3.8, 4) is 0 Å². The monoisotopic (exact) mass is 322 g/mol. The van der Waals surface area contributed by atoms with Gasteiger partial charge in [-0.3, -0.25) is 9.78 Å². The number of nitrogens with one attached hydrogen (secondary N) is 1. The van der Waals surface area contributed by atoms with Crippen LogP contribution in [0.1, 0.15) is 17.0 Å². The number of benzene rings is 1. The number of hydrogen-bond acceptors (Lipinski definition) is 5. The first-order valence-corrected chi connectivity index (χ1v) is 7.76. The maximum Gasteiger partial charge on any atom is 0.227 e. The van der Waals surface area contributed by atoms with Gasteiger partial charge in [0.25, 0.3) is 0 Å². The van der Waals surface area contributed by atoms with Crippen molar-refractivity contribution in [2.45, 2.75) is 25.9 Å². The molecule has 0 atom stereocenters. The zero-order chi connectivity index (χ0) is 16.6. The number of nitrogens with zero attached hydrogens (tertiary/aromatic N) is 5. The minimum absolute atomic E-state index is 0.109. The number of aryl methyl sites for hydroxylation is 2. The van der Waals surface area contributed by atoms with Crippen molar-refractivity contribution >= 4 is 5.91 Å². The second-order valence-corrected chi connectivity index (χ2v) is 5.36. The topological polar surface area (TPSA) is 85.6 Å². The van der Waals surface area contributed by atoms with Gasteiger partial charge in [-0.25, -0.2) is 4.68 Å². The molecule has 1 N–H and O–H groups in total. The normalized spacial score (nSPS) is 10.5. The van der Waals surface area contributed by atoms with Crippen LogP contribution in [-0.2, 0) is 30.7 Å². The molecule has 7 nitrogen and oxygen atoms in total. The predicted molar refractivity (Wildman–Crippen MR) is 87.8 cm³/mol. The van der Waals surface area contributed by atoms with Crippen LogP contribution in [0, 0.1) is 0 Å². The molecule has 0 saturated heterocycles. The molecule has 1 amide bonds. The SMILES string of the molecule is O=C(Cc1nnnn1CCc1ccccc1)NCc1ccncc1. The molecule has 0 unspecified atom stereocenters. The fourth-order valence-corrected chi connectivity index (χ4v) is 2.31. The first kappa shape index (κ1) is 15.8. The number of carbonyl (C=O) groups is 1. The van der Waals surface area contributed by atoms with Crippen LogP contribution < -0.4 is 5.32 Å². The molecule has 0 bridgehead atoms. The molecule has 0 aliphatic carbocycles. The van der Waals surface area contributed by atoms with Gasteiger partial charge in [0.15, 0.2) is 5.82 Å². The van der Waals surface area contributed by atoms with E-state index < -0.39 is 0 Å². The van der Waals surface area contributed by atoms with Crippen LogP contribution in [-0.4, -0.2) is 31.1 Å². The number of rotatable bonds is 7. The lowest BCUT2D eigenvalue weighted by molar-refractivity contribution is -0.120. The van der Waals surface area contributed by atoms with Crippen molar-refractivity contribution in [3.63, 3.8) is 0 Å². The van der Waals surface area contributed by atoms with Crippen LogP contribution in [0.2, 0.25) is 0 Å². The molecule has 0 aliphatic rings. The van der Waals surface area contributed by atoms with Crippen LogP contribution in [0.3, 0.4) is 0 Å². The Morgan fingerprint density at radius 2 is 1.83 bits per heavy atom. The summed E-state index contributed by atoms with van der Waals surface area (Å²) in [6, 6.07) is 13.8. The molecule has 0 radical (unpaired) electrons. The Morgan fingerprint density at radius 3 is 2.62 bits per heavy atom. The molecule has 1 aromatic carbocycles. The largest absolute Gasteiger partial charge is 0.352 e. The van der Waals surface area contributed by atoms with Gasteiger partial charge in [-0.1, -0.05) is 30.3 Å². The zero-order valence-electron chi connectivity index (χ0n) is 13.2. The Balaban J connectivity index is 1.52. The third-order valence-corrected chi connectivity index (χ3v) is 3.62. The van der Waals surface area contributed by atoms with Gasteiger partial charge in [0.2, 0.25) is 5.91 Å². The third kappa shape index (κ3) is 4.45. The summed E-state index contributed by atoms with van der Waals surface area (Å²) in [7, 11) is 0. The summed E-state index contributed by atoms with van der Waals surface area (Å²) >= 11 is 0. The minimum Gasteiger partial charge on any atom is -0.352 e. The first-order valence-electron chi connectivity index (χ1n) is 7.76. The van der Waals surface area contributed by atoms with E-state index >= 15 is 0 Å². The Labute approximate surface area is 139 Å². The summed E-state index contributed by atoms with van der Waals surface area (Å²) in [4.78, 5) is 16.0. The molecular formula is C17H18N6O. The van der Waals surface area contributed by atoms with E-state index in [0.717, 1.165) is 12.0 Å². The molecular weight excluding hydrogens is 304 g/mol. The van der Waals surface area contributed by atoms with E-state index in [-0.39, 0.29) is 12.3 Å². The van der Waals surface area contributed by atoms with E-state index in [1.807, 2.05) is 30.3 Å². The van der Waals surface area contributed by atoms with Crippen molar-refractivity contribution < 1.29 is 4.79 Å². The van der Waals surface area contributed by atoms with Gasteiger partial charge in [-0.15, -0.1) is 5.10 Å². The second kappa shape index (κ2) is 7.96. The van der Waals surface area contributed by atoms with E-state index in [2.05, 4.69) is 38.0 Å². The van der Waals surface area contributed by atoms with Gasteiger partial charge >= 0.3 is 0 Å². The Kier molecular flexibility index (Phi) is 5.24. The third-order valence-electron chi connectivity index (χ3n) is 3.62. The maximum atomic E-state index is 12.1. The van der Waals surface area contributed by atoms with Gasteiger partial charge < -0.3 is 5.32 Å². The average molecular weight is 322 g/mol. The van der Waals surface area contributed by atoms with Crippen molar-refractivity contribution in [3.05, 3.63) is 71.8 Å². The van der Waals surface area contributed by atoms with Crippen LogP contribution >= 0.6 is 0 Å². The summed E-state index contributed by atoms with van der Waals surface area (Å²) in [5.41, 5.74) is 2.21. The zero-order valence-corrected chi connectivity index (χ0v) is 13.2. The maximum absolute atomic E-state index is 12.1. The molecule has 3 aromatic rings. The van der Waals surface area contributed by atoms with Crippen molar-refractivity contribution in [2.24, 2.45) is 0 Å². The lowest BCUT2D eigenvalue weighted by Gasteiger charge is -2.06. The highest BCUT2D eigenvalue weighted by Gasteiger charge is 2.11. The fraction of sp³-hybridized carbons (Fsp3) is 0.235. The Hall–Kier alpha value is -3.09. The molecule has 24 heavy (non-hydrogen) atoms. The fourth-order valence-electron chi connectivity index (χ4n) is 2.31. The minimum atomic E-state index is -0.109. The van der Waals surface area contributed by atoms with Crippen molar-refractivity contribution in [1.82, 2.24) is 30.5 Å². The first-order chi connectivity index (χ1) is 11.8. The van der Waals surface area contributed by atoms with E-state index in [1.165, 1.54) is 5.56 Å². The summed E-state index contributed by atoms with van der Waals surface area (Å²) in [6.45, 7) is 1.11. The van der Waals surface area contributed by atoms with E-state index in [1.54, 1.807) is 17.1 Å². The molecule has 2 heterocycles. The summed E-state index contributed by atoms with van der Waals surface area (Å²) < 4.78 is 1.68. The Morgan fingerprint density at radius 1 is 1.04 bits per heavy atom. The van der Waals surface area contributed by atoms with E-state index in [0.29, 0.717) is 18.9 Å². The molecule has 0 spiro atoms. The molecule has 7 heteroatoms. The molecule has 0 saturated carbocycles. The predicted octanol–water partition coefficient (Wildman–Crippen LogP) is 1.17. The number of tetrazole rings is 1. The standard InChI is InChI=1S/C17H18N6O/c24-17(19-13-15-6-9-18-10-7-15)12-16-20-21-22-23(16)11-8-14-4-2-1-3-5-14/h1-7,9-10H,8,11-13H2,(H,19,24). The van der Waals surface area contributed by atoms with Crippen LogP contribution in [0.15, 0.2) is 54.9 Å². The smallest absolute Gasteiger partial charge is 0.227 e. The molecule has 0 fully saturated rings. The molecule has 122 valence electrons. The lowest BCUT2D eigenvalue weighted by atomic mass is 10.1. The van der Waals surface area contributed by atoms with Gasteiger partial charge in [0.1, 0.15) is 0 Å². The van der Waals surface area contributed by atoms with Crippen LogP contribution in [0.25, 0.3) is 0 Å². The van der Waals surface area contributed by atoms with Crippen LogP contribution in [0.4, 0.5) is 0 Å². The van der Waals surface area contributed by atoms with Gasteiger partial charge in [-0.05, 0) is 40.1 Å². The number of pyridine rings is 1. The molecule has 3 rings (SSSR count). The quantitative estimate of drug-likeness (QED) is 0.706. The van der Waals surface area contributed by atoms with Gasteiger partial charge in [0.05, 0.1) is 6.42 Å². The average Bonchev–Trinajstić information content (AvgIpc) is 3.07. The summed E-state index contributed by atoms with van der Waals surface area (Å²) in [5.74, 6) is 0.459. The van der Waals surface area contributed by atoms with E-state index in [4.69, 9.17) is 0 Å². The summed E-state index contributed by atoms with van der Waals surface area (Å²) in [5, 5.41) is 14.5. The Bertz CT molecular complexity index is 772. The second-order valence-electron chi connectivity index (χ2n) is 5.36. The highest BCUT2D eigenvalue weighted by Crippen LogP contribution is 2.03. The van der Waals surface area contributed by atoms with E-state index in [9.17, 15) is 4.79 Å². The lowest BCUT2D eigenvalue weighted by Crippen LogP contribution is -2.26. The van der Waals surface area contributed by atoms with Crippen molar-refractivity contribution in [2.75, 3.05) is 0 Å². The summed E-state index contributed by atoms with van der Waals surface area (Å²) in [6.07, 6.45) is 4.38.